The molecule has 5 aromatic rings. The largest absolute Gasteiger partial charge is 0.497 e. The summed E-state index contributed by atoms with van der Waals surface area (Å²) in [6.45, 7) is -0.985. The van der Waals surface area contributed by atoms with Gasteiger partial charge < -0.3 is 25.0 Å². The van der Waals surface area contributed by atoms with Gasteiger partial charge in [0.1, 0.15) is 17.4 Å². The van der Waals surface area contributed by atoms with Crippen molar-refractivity contribution in [3.8, 4) is 5.75 Å². The number of rotatable bonds is 9. The second-order valence-corrected chi connectivity index (χ2v) is 10.2. The zero-order valence-electron chi connectivity index (χ0n) is 23.3. The van der Waals surface area contributed by atoms with E-state index in [1.807, 2.05) is 84.9 Å². The Bertz CT molecular complexity index is 1840. The number of fused-ring (bicyclic) bond motifs is 1. The number of hydrogen-bond donors (Lipinski definition) is 4. The first-order valence-electron chi connectivity index (χ1n) is 13.5. The van der Waals surface area contributed by atoms with Crippen LogP contribution in [0.2, 0.25) is 0 Å². The summed E-state index contributed by atoms with van der Waals surface area (Å²) in [5, 5.41) is 27.1. The molecular weight excluding hydrogens is 571 g/mol. The zero-order valence-corrected chi connectivity index (χ0v) is 23.3. The molecule has 13 nitrogen and oxygen atoms in total. The van der Waals surface area contributed by atoms with Crippen molar-refractivity contribution in [3.05, 3.63) is 129 Å². The van der Waals surface area contributed by atoms with E-state index in [-0.39, 0.29) is 17.1 Å². The number of H-pyrrole nitrogens is 1. The molecule has 44 heavy (non-hydrogen) atoms. The molecule has 1 saturated heterocycles. The summed E-state index contributed by atoms with van der Waals surface area (Å²) in [5.74, 6) is 0.671. The Hall–Kier alpha value is -5.27. The van der Waals surface area contributed by atoms with Crippen LogP contribution in [0, 0.1) is 0 Å². The van der Waals surface area contributed by atoms with Crippen molar-refractivity contribution < 1.29 is 24.1 Å². The number of aromatic amines is 1. The summed E-state index contributed by atoms with van der Waals surface area (Å²) < 4.78 is 27.5. The van der Waals surface area contributed by atoms with Crippen molar-refractivity contribution in [2.75, 3.05) is 19.0 Å². The third kappa shape index (κ3) is 4.62. The predicted octanol–water partition coefficient (Wildman–Crippen LogP) is 3.76. The molecule has 0 aliphatic carbocycles. The number of methoxy groups -OCH3 is 1. The molecule has 3 heterocycles. The Kier molecular flexibility index (Phi) is 7.49. The van der Waals surface area contributed by atoms with Crippen molar-refractivity contribution >= 4 is 17.1 Å². The smallest absolute Gasteiger partial charge is 0.280 e. The molecule has 224 valence electrons. The number of nitrogens with zero attached hydrogens (tertiary/aromatic N) is 6. The monoisotopic (exact) mass is 598 g/mol. The van der Waals surface area contributed by atoms with Crippen LogP contribution in [0.15, 0.2) is 101 Å². The Morgan fingerprint density at radius 3 is 2.30 bits per heavy atom. The molecule has 6 rings (SSSR count). The van der Waals surface area contributed by atoms with Crippen molar-refractivity contribution in [1.29, 1.82) is 0 Å². The third-order valence-electron chi connectivity index (χ3n) is 7.75. The summed E-state index contributed by atoms with van der Waals surface area (Å²) in [7, 11) is 1.58. The first-order valence-corrected chi connectivity index (χ1v) is 13.5. The molecule has 2 aromatic heterocycles. The Labute approximate surface area is 249 Å². The fourth-order valence-corrected chi connectivity index (χ4v) is 5.56. The molecule has 14 heteroatoms. The highest BCUT2D eigenvalue weighted by Gasteiger charge is 2.56. The minimum absolute atomic E-state index is 0.0187. The van der Waals surface area contributed by atoms with Crippen LogP contribution in [0.25, 0.3) is 21.6 Å². The van der Waals surface area contributed by atoms with Crippen LogP contribution < -0.4 is 15.6 Å². The van der Waals surface area contributed by atoms with Crippen LogP contribution in [0.4, 0.5) is 10.3 Å². The number of aliphatic hydroxyl groups is 2. The van der Waals surface area contributed by atoms with E-state index in [0.29, 0.717) is 5.75 Å². The van der Waals surface area contributed by atoms with Crippen LogP contribution in [0.5, 0.6) is 5.75 Å². The lowest BCUT2D eigenvalue weighted by atomic mass is 9.77. The SMILES string of the molecule is COc1ccc(C(Nc2nc3c(ncn3[C@@H]3O[C@@](CO)(N=[N+]=[N-])C(O)C3F)c(=O)[nH]2)(c2ccccc2)c2ccccc2)cc1. The van der Waals surface area contributed by atoms with Crippen LogP contribution >= 0.6 is 0 Å². The highest BCUT2D eigenvalue weighted by molar-refractivity contribution is 5.71. The molecule has 0 spiro atoms. The number of benzene rings is 3. The summed E-state index contributed by atoms with van der Waals surface area (Å²) in [4.78, 5) is 27.4. The second kappa shape index (κ2) is 11.4. The van der Waals surface area contributed by atoms with Gasteiger partial charge in [0.05, 0.1) is 20.0 Å². The van der Waals surface area contributed by atoms with E-state index >= 15 is 4.39 Å². The Balaban J connectivity index is 1.53. The van der Waals surface area contributed by atoms with Gasteiger partial charge in [0, 0.05) is 4.91 Å². The third-order valence-corrected chi connectivity index (χ3v) is 7.75. The fourth-order valence-electron chi connectivity index (χ4n) is 5.56. The Morgan fingerprint density at radius 1 is 1.11 bits per heavy atom. The van der Waals surface area contributed by atoms with Gasteiger partial charge in [-0.1, -0.05) is 77.9 Å². The number of halogens is 1. The molecule has 0 amide bonds. The highest BCUT2D eigenvalue weighted by atomic mass is 19.1. The molecule has 1 aliphatic rings. The number of azide groups is 1. The lowest BCUT2D eigenvalue weighted by molar-refractivity contribution is -0.122. The number of aliphatic hydroxyl groups excluding tert-OH is 2. The van der Waals surface area contributed by atoms with Gasteiger partial charge in [0.2, 0.25) is 11.7 Å². The first-order chi connectivity index (χ1) is 21.4. The number of aromatic nitrogens is 4. The van der Waals surface area contributed by atoms with E-state index < -0.39 is 41.9 Å². The van der Waals surface area contributed by atoms with Gasteiger partial charge in [0.15, 0.2) is 23.6 Å². The first kappa shape index (κ1) is 28.8. The van der Waals surface area contributed by atoms with E-state index in [2.05, 4.69) is 30.3 Å². The van der Waals surface area contributed by atoms with E-state index in [4.69, 9.17) is 15.0 Å². The van der Waals surface area contributed by atoms with Crippen LogP contribution in [0.3, 0.4) is 0 Å². The highest BCUT2D eigenvalue weighted by Crippen LogP contribution is 2.42. The minimum atomic E-state index is -2.28. The van der Waals surface area contributed by atoms with Crippen molar-refractivity contribution in [1.82, 2.24) is 19.5 Å². The number of nitrogens with one attached hydrogen (secondary N) is 2. The summed E-state index contributed by atoms with van der Waals surface area (Å²) >= 11 is 0. The van der Waals surface area contributed by atoms with Gasteiger partial charge in [-0.05, 0) is 34.4 Å². The lowest BCUT2D eigenvalue weighted by Crippen LogP contribution is -2.43. The number of alkyl halides is 1. The number of ether oxygens (including phenoxy) is 2. The summed E-state index contributed by atoms with van der Waals surface area (Å²) in [5.41, 5.74) is 7.18. The van der Waals surface area contributed by atoms with Gasteiger partial charge >= 0.3 is 0 Å². The minimum Gasteiger partial charge on any atom is -0.497 e. The molecule has 4 N–H and O–H groups in total. The lowest BCUT2D eigenvalue weighted by Gasteiger charge is -2.37. The van der Waals surface area contributed by atoms with Gasteiger partial charge in [-0.2, -0.15) is 4.98 Å². The average Bonchev–Trinajstić information content (AvgIpc) is 3.60. The maximum Gasteiger partial charge on any atom is 0.280 e. The average molecular weight is 599 g/mol. The summed E-state index contributed by atoms with van der Waals surface area (Å²) in [6, 6.07) is 26.6. The quantitative estimate of drug-likeness (QED) is 0.0855. The van der Waals surface area contributed by atoms with E-state index in [0.717, 1.165) is 27.6 Å². The van der Waals surface area contributed by atoms with Crippen LogP contribution in [0.1, 0.15) is 22.9 Å². The summed E-state index contributed by atoms with van der Waals surface area (Å²) in [6.07, 6.45) is -4.64. The number of anilines is 1. The van der Waals surface area contributed by atoms with E-state index in [1.165, 1.54) is 0 Å². The van der Waals surface area contributed by atoms with Gasteiger partial charge in [-0.3, -0.25) is 14.3 Å². The molecule has 1 aliphatic heterocycles. The molecule has 0 radical (unpaired) electrons. The van der Waals surface area contributed by atoms with Crippen LogP contribution in [-0.2, 0) is 10.3 Å². The van der Waals surface area contributed by atoms with Gasteiger partial charge in [0.25, 0.3) is 5.56 Å². The number of hydrogen-bond acceptors (Lipinski definition) is 9. The molecule has 1 fully saturated rings. The molecular formula is C30H27FN8O5. The number of imidazole rings is 1. The van der Waals surface area contributed by atoms with Crippen molar-refractivity contribution in [2.24, 2.45) is 5.11 Å². The van der Waals surface area contributed by atoms with Crippen molar-refractivity contribution in [3.63, 3.8) is 0 Å². The maximum absolute atomic E-state index is 15.4. The Morgan fingerprint density at radius 2 is 1.73 bits per heavy atom. The zero-order chi connectivity index (χ0) is 30.9. The second-order valence-electron chi connectivity index (χ2n) is 10.2. The fraction of sp³-hybridized carbons (Fsp3) is 0.233. The van der Waals surface area contributed by atoms with Crippen molar-refractivity contribution in [2.45, 2.75) is 29.8 Å². The standard InChI is InChI=1S/C30H27FN8O5/c1-43-21-14-12-20(13-15-21)30(18-8-4-2-5-9-18,19-10-6-3-7-11-19)36-28-34-25-23(26(42)35-28)33-17-39(25)27-22(31)24(41)29(16-40,44-27)37-38-32/h2-15,17,22,24,27,40-41H,16H2,1H3,(H2,34,35,36,42)/t22?,24?,27-,29-/m1/s1. The van der Waals surface area contributed by atoms with Gasteiger partial charge in [-0.15, -0.1) is 0 Å². The van der Waals surface area contributed by atoms with Crippen LogP contribution in [-0.4, -0.2) is 61.4 Å². The molecule has 2 unspecified atom stereocenters. The molecule has 0 bridgehead atoms. The maximum atomic E-state index is 15.4. The van der Waals surface area contributed by atoms with E-state index in [1.54, 1.807) is 7.11 Å². The molecule has 3 aromatic carbocycles. The molecule has 4 atom stereocenters. The molecule has 0 saturated carbocycles. The predicted molar refractivity (Wildman–Crippen MR) is 158 cm³/mol. The van der Waals surface area contributed by atoms with E-state index in [9.17, 15) is 15.0 Å². The topological polar surface area (TPSA) is 183 Å². The van der Waals surface area contributed by atoms with Gasteiger partial charge in [-0.25, -0.2) is 9.37 Å². The normalized spacial score (nSPS) is 21.6.